The molecule has 0 bridgehead atoms. The molecule has 3 aromatic rings. The minimum Gasteiger partial charge on any atom is -0.319 e. The summed E-state index contributed by atoms with van der Waals surface area (Å²) >= 11 is 6.26. The lowest BCUT2D eigenvalue weighted by Gasteiger charge is -2.18. The molecule has 0 N–H and O–H groups in total. The molecule has 3 nitrogen and oxygen atoms in total. The lowest BCUT2D eigenvalue weighted by atomic mass is 10.1. The number of hydrogen-bond donors (Lipinski definition) is 0. The topological polar surface area (TPSA) is 30.7 Å². The largest absolute Gasteiger partial charge is 0.319 e. The molecule has 0 aliphatic rings. The summed E-state index contributed by atoms with van der Waals surface area (Å²) in [5.74, 6) is 0.449. The van der Waals surface area contributed by atoms with Crippen molar-refractivity contribution in [3.63, 3.8) is 0 Å². The van der Waals surface area contributed by atoms with Crippen LogP contribution in [0.25, 0.3) is 11.0 Å². The Morgan fingerprint density at radius 2 is 2.05 bits per heavy atom. The minimum absolute atomic E-state index is 0.0262. The van der Waals surface area contributed by atoms with Gasteiger partial charge in [0, 0.05) is 12.4 Å². The van der Waals surface area contributed by atoms with E-state index in [1.165, 1.54) is 12.1 Å². The Bertz CT molecular complexity index is 768. The molecule has 0 fully saturated rings. The van der Waals surface area contributed by atoms with Crippen molar-refractivity contribution in [1.29, 1.82) is 0 Å². The predicted octanol–water partition coefficient (Wildman–Crippen LogP) is 4.48. The average molecular weight is 304 g/mol. The van der Waals surface area contributed by atoms with Gasteiger partial charge in [0.15, 0.2) is 0 Å². The highest BCUT2D eigenvalue weighted by Gasteiger charge is 2.20. The first-order valence-corrected chi connectivity index (χ1v) is 7.23. The summed E-state index contributed by atoms with van der Waals surface area (Å²) in [4.78, 5) is 8.69. The fraction of sp³-hybridized carbons (Fsp3) is 0.250. The Hall–Kier alpha value is -1.94. The van der Waals surface area contributed by atoms with Crippen LogP contribution in [-0.2, 0) is 0 Å². The van der Waals surface area contributed by atoms with Crippen LogP contribution in [0.4, 0.5) is 4.39 Å². The summed E-state index contributed by atoms with van der Waals surface area (Å²) in [6.45, 7) is 3.90. The van der Waals surface area contributed by atoms with Gasteiger partial charge in [0.25, 0.3) is 0 Å². The van der Waals surface area contributed by atoms with Gasteiger partial charge in [0.1, 0.15) is 11.6 Å². The molecule has 0 amide bonds. The first-order valence-electron chi connectivity index (χ1n) is 6.79. The maximum atomic E-state index is 13.6. The number of imidazole rings is 1. The van der Waals surface area contributed by atoms with E-state index < -0.39 is 0 Å². The maximum absolute atomic E-state index is 13.6. The minimum atomic E-state index is -0.282. The van der Waals surface area contributed by atoms with Crippen molar-refractivity contribution in [2.45, 2.75) is 25.3 Å². The molecule has 5 heteroatoms. The number of halogens is 2. The summed E-state index contributed by atoms with van der Waals surface area (Å²) in [5.41, 5.74) is 2.52. The highest BCUT2D eigenvalue weighted by Crippen LogP contribution is 2.31. The highest BCUT2D eigenvalue weighted by atomic mass is 35.5. The summed E-state index contributed by atoms with van der Waals surface area (Å²) in [5, 5.41) is -0.264. The van der Waals surface area contributed by atoms with E-state index >= 15 is 0 Å². The summed E-state index contributed by atoms with van der Waals surface area (Å²) in [7, 11) is 0. The normalized spacial score (nSPS) is 14.3. The lowest BCUT2D eigenvalue weighted by Crippen LogP contribution is -2.11. The van der Waals surface area contributed by atoms with Gasteiger partial charge in [-0.25, -0.2) is 9.37 Å². The zero-order valence-corrected chi connectivity index (χ0v) is 12.5. The second-order valence-corrected chi connectivity index (χ2v) is 5.71. The van der Waals surface area contributed by atoms with Crippen molar-refractivity contribution in [2.24, 2.45) is 0 Å². The fourth-order valence-corrected chi connectivity index (χ4v) is 2.70. The fourth-order valence-electron chi connectivity index (χ4n) is 2.54. The third kappa shape index (κ3) is 2.51. The SMILES string of the molecule is CC(Cl)c1nc2ccc(F)cc2n1C(C)c1cccnc1. The number of alkyl halides is 1. The monoisotopic (exact) mass is 303 g/mol. The first kappa shape index (κ1) is 14.0. The molecule has 0 aliphatic heterocycles. The molecule has 21 heavy (non-hydrogen) atoms. The van der Waals surface area contributed by atoms with Crippen molar-refractivity contribution in [3.8, 4) is 0 Å². The molecule has 3 rings (SSSR count). The standard InChI is InChI=1S/C16H15ClFN3/c1-10(17)16-20-14-6-5-13(18)8-15(14)21(16)11(2)12-4-3-7-19-9-12/h3-11H,1-2H3. The van der Waals surface area contributed by atoms with Crippen LogP contribution >= 0.6 is 11.6 Å². The molecule has 0 aliphatic carbocycles. The van der Waals surface area contributed by atoms with E-state index in [-0.39, 0.29) is 17.2 Å². The number of fused-ring (bicyclic) bond motifs is 1. The Morgan fingerprint density at radius 1 is 1.24 bits per heavy atom. The Kier molecular flexibility index (Phi) is 3.64. The van der Waals surface area contributed by atoms with Crippen LogP contribution in [0.3, 0.4) is 0 Å². The summed E-state index contributed by atoms with van der Waals surface area (Å²) < 4.78 is 15.6. The Balaban J connectivity index is 2.24. The third-order valence-corrected chi connectivity index (χ3v) is 3.78. The number of benzene rings is 1. The molecular weight excluding hydrogens is 289 g/mol. The second-order valence-electron chi connectivity index (χ2n) is 5.05. The van der Waals surface area contributed by atoms with E-state index in [1.54, 1.807) is 18.5 Å². The zero-order valence-electron chi connectivity index (χ0n) is 11.8. The van der Waals surface area contributed by atoms with Crippen LogP contribution in [0, 0.1) is 5.82 Å². The third-order valence-electron chi connectivity index (χ3n) is 3.59. The van der Waals surface area contributed by atoms with E-state index in [0.717, 1.165) is 22.4 Å². The van der Waals surface area contributed by atoms with Crippen molar-refractivity contribution in [1.82, 2.24) is 14.5 Å². The molecule has 108 valence electrons. The van der Waals surface area contributed by atoms with Crippen LogP contribution in [-0.4, -0.2) is 14.5 Å². The Labute approximate surface area is 127 Å². The van der Waals surface area contributed by atoms with E-state index in [0.29, 0.717) is 0 Å². The smallest absolute Gasteiger partial charge is 0.128 e. The van der Waals surface area contributed by atoms with E-state index in [9.17, 15) is 4.39 Å². The molecule has 0 saturated carbocycles. The predicted molar refractivity (Wildman–Crippen MR) is 82.0 cm³/mol. The maximum Gasteiger partial charge on any atom is 0.128 e. The van der Waals surface area contributed by atoms with Crippen LogP contribution < -0.4 is 0 Å². The van der Waals surface area contributed by atoms with Crippen molar-refractivity contribution in [2.75, 3.05) is 0 Å². The molecular formula is C16H15ClFN3. The van der Waals surface area contributed by atoms with Gasteiger partial charge in [-0.2, -0.15) is 0 Å². The molecule has 2 aromatic heterocycles. The summed E-state index contributed by atoms with van der Waals surface area (Å²) in [6, 6.07) is 8.44. The van der Waals surface area contributed by atoms with Crippen LogP contribution in [0.1, 0.15) is 36.7 Å². The van der Waals surface area contributed by atoms with Gasteiger partial charge in [-0.15, -0.1) is 11.6 Å². The van der Waals surface area contributed by atoms with Gasteiger partial charge in [0.05, 0.1) is 22.5 Å². The van der Waals surface area contributed by atoms with E-state index in [2.05, 4.69) is 9.97 Å². The van der Waals surface area contributed by atoms with Crippen molar-refractivity contribution in [3.05, 3.63) is 59.9 Å². The van der Waals surface area contributed by atoms with Crippen LogP contribution in [0.2, 0.25) is 0 Å². The van der Waals surface area contributed by atoms with Gasteiger partial charge in [-0.3, -0.25) is 4.98 Å². The van der Waals surface area contributed by atoms with E-state index in [4.69, 9.17) is 11.6 Å². The molecule has 2 unspecified atom stereocenters. The molecule has 2 atom stereocenters. The second kappa shape index (κ2) is 5.45. The number of pyridine rings is 1. The quantitative estimate of drug-likeness (QED) is 0.668. The van der Waals surface area contributed by atoms with Gasteiger partial charge >= 0.3 is 0 Å². The van der Waals surface area contributed by atoms with Crippen molar-refractivity contribution >= 4 is 22.6 Å². The van der Waals surface area contributed by atoms with Crippen LogP contribution in [0.5, 0.6) is 0 Å². The molecule has 1 aromatic carbocycles. The molecule has 0 radical (unpaired) electrons. The summed E-state index contributed by atoms with van der Waals surface area (Å²) in [6.07, 6.45) is 3.53. The number of hydrogen-bond acceptors (Lipinski definition) is 2. The lowest BCUT2D eigenvalue weighted by molar-refractivity contribution is 0.608. The van der Waals surface area contributed by atoms with Crippen molar-refractivity contribution < 1.29 is 4.39 Å². The van der Waals surface area contributed by atoms with E-state index in [1.807, 2.05) is 30.5 Å². The van der Waals surface area contributed by atoms with Crippen LogP contribution in [0.15, 0.2) is 42.7 Å². The van der Waals surface area contributed by atoms with Gasteiger partial charge in [0.2, 0.25) is 0 Å². The zero-order chi connectivity index (χ0) is 15.0. The molecule has 0 spiro atoms. The highest BCUT2D eigenvalue weighted by molar-refractivity contribution is 6.20. The number of rotatable bonds is 3. The van der Waals surface area contributed by atoms with Gasteiger partial charge in [-0.05, 0) is 43.7 Å². The molecule has 0 saturated heterocycles. The molecule has 2 heterocycles. The first-order chi connectivity index (χ1) is 10.1. The number of aromatic nitrogens is 3. The van der Waals surface area contributed by atoms with Gasteiger partial charge < -0.3 is 4.57 Å². The van der Waals surface area contributed by atoms with Gasteiger partial charge in [-0.1, -0.05) is 6.07 Å². The Morgan fingerprint density at radius 3 is 2.71 bits per heavy atom. The average Bonchev–Trinajstić information content (AvgIpc) is 2.86. The number of nitrogens with zero attached hydrogens (tertiary/aromatic N) is 3.